The molecule has 1 nitrogen and oxygen atoms in total. The van der Waals surface area contributed by atoms with Gasteiger partial charge in [-0.25, -0.2) is 0 Å². The second-order valence-electron chi connectivity index (χ2n) is 4.86. The smallest absolute Gasteiger partial charge is 0.105 e. The fraction of sp³-hybridized carbons (Fsp3) is 0.250. The predicted molar refractivity (Wildman–Crippen MR) is 86.6 cm³/mol. The van der Waals surface area contributed by atoms with E-state index in [1.165, 1.54) is 11.1 Å². The van der Waals surface area contributed by atoms with Gasteiger partial charge in [-0.1, -0.05) is 44.0 Å². The molecule has 2 aromatic carbocycles. The molecule has 0 spiro atoms. The van der Waals surface area contributed by atoms with E-state index < -0.39 is 6.10 Å². The molecule has 1 unspecified atom stereocenters. The Balaban J connectivity index is 2.52. The zero-order valence-electron chi connectivity index (χ0n) is 11.2. The average molecular weight is 384 g/mol. The molecule has 0 saturated heterocycles. The van der Waals surface area contributed by atoms with Gasteiger partial charge in [-0.05, 0) is 61.2 Å². The van der Waals surface area contributed by atoms with Gasteiger partial charge in [0.2, 0.25) is 0 Å². The van der Waals surface area contributed by atoms with Crippen LogP contribution in [0.5, 0.6) is 0 Å². The lowest BCUT2D eigenvalue weighted by atomic mass is 9.94. The maximum absolute atomic E-state index is 10.6. The van der Waals surface area contributed by atoms with Crippen molar-refractivity contribution in [2.75, 3.05) is 0 Å². The van der Waals surface area contributed by atoms with E-state index in [0.29, 0.717) is 0 Å². The lowest BCUT2D eigenvalue weighted by molar-refractivity contribution is 0.218. The van der Waals surface area contributed by atoms with Crippen LogP contribution in [0.2, 0.25) is 0 Å². The van der Waals surface area contributed by atoms with Gasteiger partial charge in [0.05, 0.1) is 0 Å². The molecule has 0 saturated carbocycles. The minimum absolute atomic E-state index is 0.619. The summed E-state index contributed by atoms with van der Waals surface area (Å²) in [5, 5.41) is 10.6. The molecule has 0 aliphatic heterocycles. The van der Waals surface area contributed by atoms with E-state index in [4.69, 9.17) is 0 Å². The molecular formula is C16H16Br2O. The van der Waals surface area contributed by atoms with Gasteiger partial charge in [0.25, 0.3) is 0 Å². The van der Waals surface area contributed by atoms with Crippen LogP contribution in [0.3, 0.4) is 0 Å². The molecule has 0 radical (unpaired) electrons. The second-order valence-corrected chi connectivity index (χ2v) is 6.63. The summed E-state index contributed by atoms with van der Waals surface area (Å²) in [5.41, 5.74) is 5.40. The minimum Gasteiger partial charge on any atom is -0.384 e. The maximum atomic E-state index is 10.6. The molecule has 0 aliphatic carbocycles. The normalized spacial score (nSPS) is 12.5. The summed E-state index contributed by atoms with van der Waals surface area (Å²) in [5.74, 6) is 0. The van der Waals surface area contributed by atoms with Gasteiger partial charge in [0.15, 0.2) is 0 Å². The highest BCUT2D eigenvalue weighted by Crippen LogP contribution is 2.33. The number of benzene rings is 2. The summed E-state index contributed by atoms with van der Waals surface area (Å²) < 4.78 is 1.88. The summed E-state index contributed by atoms with van der Waals surface area (Å²) >= 11 is 6.95. The molecule has 0 fully saturated rings. The lowest BCUT2D eigenvalue weighted by Gasteiger charge is -2.18. The molecule has 2 aromatic rings. The van der Waals surface area contributed by atoms with E-state index in [9.17, 15) is 5.11 Å². The lowest BCUT2D eigenvalue weighted by Crippen LogP contribution is -2.04. The van der Waals surface area contributed by atoms with Crippen LogP contribution in [0.4, 0.5) is 0 Å². The van der Waals surface area contributed by atoms with Crippen molar-refractivity contribution in [1.29, 1.82) is 0 Å². The van der Waals surface area contributed by atoms with Gasteiger partial charge in [-0.3, -0.25) is 0 Å². The van der Waals surface area contributed by atoms with Crippen molar-refractivity contribution in [1.82, 2.24) is 0 Å². The standard InChI is InChI=1S/C16H16Br2O/c1-9-6-11(3)13(7-10(9)2)16(19)14-8-12(17)4-5-15(14)18/h4-8,16,19H,1-3H3. The Morgan fingerprint density at radius 2 is 1.47 bits per heavy atom. The van der Waals surface area contributed by atoms with Crippen molar-refractivity contribution in [2.45, 2.75) is 26.9 Å². The van der Waals surface area contributed by atoms with Crippen molar-refractivity contribution < 1.29 is 5.11 Å². The molecule has 0 amide bonds. The first-order valence-corrected chi connectivity index (χ1v) is 7.69. The number of hydrogen-bond donors (Lipinski definition) is 1. The fourth-order valence-electron chi connectivity index (χ4n) is 2.17. The Morgan fingerprint density at radius 1 is 0.842 bits per heavy atom. The molecule has 0 aliphatic rings. The molecular weight excluding hydrogens is 368 g/mol. The highest BCUT2D eigenvalue weighted by molar-refractivity contribution is 9.11. The Morgan fingerprint density at radius 3 is 2.16 bits per heavy atom. The highest BCUT2D eigenvalue weighted by Gasteiger charge is 2.17. The topological polar surface area (TPSA) is 20.2 Å². The van der Waals surface area contributed by atoms with Gasteiger partial charge in [-0.2, -0.15) is 0 Å². The van der Waals surface area contributed by atoms with Gasteiger partial charge in [0, 0.05) is 14.5 Å². The largest absolute Gasteiger partial charge is 0.384 e. The third-order valence-electron chi connectivity index (χ3n) is 3.43. The maximum Gasteiger partial charge on any atom is 0.105 e. The number of aryl methyl sites for hydroxylation is 3. The summed E-state index contributed by atoms with van der Waals surface area (Å²) in [7, 11) is 0. The molecule has 3 heteroatoms. The Labute approximate surface area is 130 Å². The third kappa shape index (κ3) is 3.10. The van der Waals surface area contributed by atoms with Gasteiger partial charge in [-0.15, -0.1) is 0 Å². The SMILES string of the molecule is Cc1cc(C)c(C(O)c2cc(Br)ccc2Br)cc1C. The van der Waals surface area contributed by atoms with Crippen LogP contribution in [0.1, 0.15) is 33.9 Å². The summed E-state index contributed by atoms with van der Waals surface area (Å²) in [6.45, 7) is 6.20. The van der Waals surface area contributed by atoms with Gasteiger partial charge in [0.1, 0.15) is 6.10 Å². The van der Waals surface area contributed by atoms with Crippen LogP contribution in [-0.2, 0) is 0 Å². The van der Waals surface area contributed by atoms with Crippen molar-refractivity contribution >= 4 is 31.9 Å². The van der Waals surface area contributed by atoms with Crippen LogP contribution in [0.15, 0.2) is 39.3 Å². The molecule has 1 N–H and O–H groups in total. The Hall–Kier alpha value is -0.640. The van der Waals surface area contributed by atoms with Crippen molar-refractivity contribution in [2.24, 2.45) is 0 Å². The molecule has 100 valence electrons. The van der Waals surface area contributed by atoms with Crippen LogP contribution >= 0.6 is 31.9 Å². The van der Waals surface area contributed by atoms with Crippen LogP contribution < -0.4 is 0 Å². The quantitative estimate of drug-likeness (QED) is 0.753. The summed E-state index contributed by atoms with van der Waals surface area (Å²) in [6, 6.07) is 10.0. The number of aliphatic hydroxyl groups is 1. The van der Waals surface area contributed by atoms with Crippen LogP contribution in [-0.4, -0.2) is 5.11 Å². The van der Waals surface area contributed by atoms with Crippen molar-refractivity contribution in [3.8, 4) is 0 Å². The van der Waals surface area contributed by atoms with E-state index in [2.05, 4.69) is 57.8 Å². The Bertz CT molecular complexity index is 620. The van der Waals surface area contributed by atoms with Crippen molar-refractivity contribution in [3.63, 3.8) is 0 Å². The number of halogens is 2. The van der Waals surface area contributed by atoms with E-state index in [0.717, 1.165) is 25.6 Å². The number of aliphatic hydroxyl groups excluding tert-OH is 1. The van der Waals surface area contributed by atoms with Gasteiger partial charge >= 0.3 is 0 Å². The highest BCUT2D eigenvalue weighted by atomic mass is 79.9. The van der Waals surface area contributed by atoms with E-state index in [1.54, 1.807) is 0 Å². The molecule has 0 heterocycles. The van der Waals surface area contributed by atoms with Crippen molar-refractivity contribution in [3.05, 3.63) is 67.1 Å². The first kappa shape index (κ1) is 14.8. The van der Waals surface area contributed by atoms with Gasteiger partial charge < -0.3 is 5.11 Å². The Kier molecular flexibility index (Phi) is 4.49. The predicted octanol–water partition coefficient (Wildman–Crippen LogP) is 5.22. The second kappa shape index (κ2) is 5.78. The summed E-state index contributed by atoms with van der Waals surface area (Å²) in [4.78, 5) is 0. The zero-order valence-corrected chi connectivity index (χ0v) is 14.3. The molecule has 0 bridgehead atoms. The van der Waals surface area contributed by atoms with E-state index in [1.807, 2.05) is 25.1 Å². The number of rotatable bonds is 2. The third-order valence-corrected chi connectivity index (χ3v) is 4.65. The van der Waals surface area contributed by atoms with Crippen LogP contribution in [0.25, 0.3) is 0 Å². The molecule has 2 rings (SSSR count). The minimum atomic E-state index is -0.619. The monoisotopic (exact) mass is 382 g/mol. The van der Waals surface area contributed by atoms with Crippen LogP contribution in [0, 0.1) is 20.8 Å². The first-order valence-electron chi connectivity index (χ1n) is 6.11. The summed E-state index contributed by atoms with van der Waals surface area (Å²) in [6.07, 6.45) is -0.619. The molecule has 0 aromatic heterocycles. The van der Waals surface area contributed by atoms with E-state index >= 15 is 0 Å². The first-order chi connectivity index (χ1) is 8.90. The number of hydrogen-bond acceptors (Lipinski definition) is 1. The fourth-order valence-corrected chi connectivity index (χ4v) is 3.01. The zero-order chi connectivity index (χ0) is 14.2. The van der Waals surface area contributed by atoms with E-state index in [-0.39, 0.29) is 0 Å². The average Bonchev–Trinajstić information content (AvgIpc) is 2.36. The molecule has 1 atom stereocenters. The molecule has 19 heavy (non-hydrogen) atoms.